The Morgan fingerprint density at radius 2 is 2.30 bits per heavy atom. The summed E-state index contributed by atoms with van der Waals surface area (Å²) in [5.74, 6) is -0.169. The molecule has 1 fully saturated rings. The van der Waals surface area contributed by atoms with E-state index in [9.17, 15) is 9.59 Å². The van der Waals surface area contributed by atoms with Crippen molar-refractivity contribution in [1.29, 1.82) is 0 Å². The molecule has 1 aliphatic heterocycles. The molecule has 1 saturated heterocycles. The van der Waals surface area contributed by atoms with Gasteiger partial charge in [-0.2, -0.15) is 0 Å². The van der Waals surface area contributed by atoms with Gasteiger partial charge in [0.1, 0.15) is 5.75 Å². The van der Waals surface area contributed by atoms with E-state index in [-0.39, 0.29) is 5.91 Å². The zero-order chi connectivity index (χ0) is 14.5. The molecule has 0 aromatic heterocycles. The molecule has 1 aromatic carbocycles. The predicted octanol–water partition coefficient (Wildman–Crippen LogP) is 1.72. The summed E-state index contributed by atoms with van der Waals surface area (Å²) in [7, 11) is 1.60. The number of thioether (sulfide) groups is 1. The van der Waals surface area contributed by atoms with Crippen LogP contribution in [0.2, 0.25) is 0 Å². The molecular weight excluding hydrogens is 278 g/mol. The van der Waals surface area contributed by atoms with Crippen molar-refractivity contribution in [2.75, 3.05) is 26.0 Å². The fraction of sp³-hybridized carbons (Fsp3) is 0.429. The number of carbonyl (C=O) groups excluding carboxylic acids is 1. The van der Waals surface area contributed by atoms with E-state index in [1.807, 2.05) is 24.3 Å². The molecule has 108 valence electrons. The van der Waals surface area contributed by atoms with Crippen LogP contribution in [0.25, 0.3) is 0 Å². The summed E-state index contributed by atoms with van der Waals surface area (Å²) >= 11 is 1.44. The maximum absolute atomic E-state index is 12.0. The van der Waals surface area contributed by atoms with Gasteiger partial charge in [-0.3, -0.25) is 9.59 Å². The standard InChI is InChI=1S/C14H17NO4S/c1-19-11-3-2-4-12(7-11)20-9-13(16)15-6-5-10(8-15)14(17)18/h2-4,7,10H,5-6,8-9H2,1H3,(H,17,18). The normalized spacial score (nSPS) is 18.1. The van der Waals surface area contributed by atoms with Gasteiger partial charge in [-0.1, -0.05) is 6.07 Å². The van der Waals surface area contributed by atoms with Crippen molar-refractivity contribution >= 4 is 23.6 Å². The van der Waals surface area contributed by atoms with Crippen LogP contribution in [0, 0.1) is 5.92 Å². The third kappa shape index (κ3) is 3.66. The summed E-state index contributed by atoms with van der Waals surface area (Å²) in [5.41, 5.74) is 0. The molecule has 1 aromatic rings. The Labute approximate surface area is 121 Å². The number of nitrogens with zero attached hydrogens (tertiary/aromatic N) is 1. The highest BCUT2D eigenvalue weighted by Crippen LogP contribution is 2.24. The Morgan fingerprint density at radius 3 is 2.95 bits per heavy atom. The van der Waals surface area contributed by atoms with Gasteiger partial charge >= 0.3 is 5.97 Å². The first-order chi connectivity index (χ1) is 9.60. The lowest BCUT2D eigenvalue weighted by molar-refractivity contribution is -0.141. The van der Waals surface area contributed by atoms with Gasteiger partial charge in [0.05, 0.1) is 18.8 Å². The number of rotatable bonds is 5. The number of carbonyl (C=O) groups is 2. The summed E-state index contributed by atoms with van der Waals surface area (Å²) in [6.07, 6.45) is 0.547. The molecule has 0 saturated carbocycles. The second-order valence-electron chi connectivity index (χ2n) is 4.63. The molecule has 0 aliphatic carbocycles. The van der Waals surface area contributed by atoms with E-state index in [1.54, 1.807) is 12.0 Å². The Balaban J connectivity index is 1.85. The van der Waals surface area contributed by atoms with E-state index in [1.165, 1.54) is 11.8 Å². The van der Waals surface area contributed by atoms with Gasteiger partial charge in [0, 0.05) is 18.0 Å². The minimum atomic E-state index is -0.819. The summed E-state index contributed by atoms with van der Waals surface area (Å²) in [5, 5.41) is 8.92. The third-order valence-electron chi connectivity index (χ3n) is 3.29. The van der Waals surface area contributed by atoms with Gasteiger partial charge in [-0.25, -0.2) is 0 Å². The zero-order valence-electron chi connectivity index (χ0n) is 11.2. The average Bonchev–Trinajstić information content (AvgIpc) is 2.95. The van der Waals surface area contributed by atoms with Crippen molar-refractivity contribution in [3.05, 3.63) is 24.3 Å². The Bertz CT molecular complexity index is 506. The molecule has 5 nitrogen and oxygen atoms in total. The largest absolute Gasteiger partial charge is 0.497 e. The van der Waals surface area contributed by atoms with Gasteiger partial charge in [-0.05, 0) is 24.6 Å². The highest BCUT2D eigenvalue weighted by atomic mass is 32.2. The molecule has 1 unspecified atom stereocenters. The molecule has 6 heteroatoms. The summed E-state index contributed by atoms with van der Waals surface area (Å²) < 4.78 is 5.13. The Kier molecular flexibility index (Phi) is 4.89. The van der Waals surface area contributed by atoms with Crippen molar-refractivity contribution in [2.45, 2.75) is 11.3 Å². The molecule has 20 heavy (non-hydrogen) atoms. The van der Waals surface area contributed by atoms with Crippen molar-refractivity contribution in [2.24, 2.45) is 5.92 Å². The number of amides is 1. The lowest BCUT2D eigenvalue weighted by Gasteiger charge is -2.15. The van der Waals surface area contributed by atoms with E-state index in [0.29, 0.717) is 25.3 Å². The SMILES string of the molecule is COc1cccc(SCC(=O)N2CCC(C(=O)O)C2)c1. The highest BCUT2D eigenvalue weighted by molar-refractivity contribution is 8.00. The maximum Gasteiger partial charge on any atom is 0.308 e. The van der Waals surface area contributed by atoms with E-state index in [2.05, 4.69) is 0 Å². The minimum absolute atomic E-state index is 0.0124. The van der Waals surface area contributed by atoms with Crippen LogP contribution in [0.1, 0.15) is 6.42 Å². The number of hydrogen-bond acceptors (Lipinski definition) is 4. The van der Waals surface area contributed by atoms with Crippen LogP contribution in [0.4, 0.5) is 0 Å². The lowest BCUT2D eigenvalue weighted by atomic mass is 10.1. The van der Waals surface area contributed by atoms with Crippen LogP contribution in [-0.4, -0.2) is 47.8 Å². The zero-order valence-corrected chi connectivity index (χ0v) is 12.1. The van der Waals surface area contributed by atoms with Gasteiger partial charge in [-0.15, -0.1) is 11.8 Å². The van der Waals surface area contributed by atoms with Crippen molar-refractivity contribution in [3.8, 4) is 5.75 Å². The van der Waals surface area contributed by atoms with E-state index >= 15 is 0 Å². The van der Waals surface area contributed by atoms with Gasteiger partial charge in [0.2, 0.25) is 5.91 Å². The first kappa shape index (κ1) is 14.7. The van der Waals surface area contributed by atoms with E-state index < -0.39 is 11.9 Å². The number of hydrogen-bond donors (Lipinski definition) is 1. The van der Waals surface area contributed by atoms with Crippen LogP contribution >= 0.6 is 11.8 Å². The third-order valence-corrected chi connectivity index (χ3v) is 4.27. The fourth-order valence-electron chi connectivity index (χ4n) is 2.12. The molecule has 1 amide bonds. The first-order valence-corrected chi connectivity index (χ1v) is 7.36. The molecule has 1 N–H and O–H groups in total. The monoisotopic (exact) mass is 295 g/mol. The molecule has 0 spiro atoms. The lowest BCUT2D eigenvalue weighted by Crippen LogP contribution is -2.31. The summed E-state index contributed by atoms with van der Waals surface area (Å²) in [4.78, 5) is 25.5. The molecule has 0 radical (unpaired) electrons. The van der Waals surface area contributed by atoms with E-state index in [4.69, 9.17) is 9.84 Å². The predicted molar refractivity (Wildman–Crippen MR) is 76.0 cm³/mol. The van der Waals surface area contributed by atoms with Crippen LogP contribution < -0.4 is 4.74 Å². The summed E-state index contributed by atoms with van der Waals surface area (Å²) in [6.45, 7) is 0.862. The number of aliphatic carboxylic acids is 1. The van der Waals surface area contributed by atoms with Crippen LogP contribution in [-0.2, 0) is 9.59 Å². The second-order valence-corrected chi connectivity index (χ2v) is 5.68. The highest BCUT2D eigenvalue weighted by Gasteiger charge is 2.30. The average molecular weight is 295 g/mol. The van der Waals surface area contributed by atoms with Gasteiger partial charge < -0.3 is 14.7 Å². The van der Waals surface area contributed by atoms with Gasteiger partial charge in [0.15, 0.2) is 0 Å². The Morgan fingerprint density at radius 1 is 1.50 bits per heavy atom. The topological polar surface area (TPSA) is 66.8 Å². The van der Waals surface area contributed by atoms with Crippen molar-refractivity contribution in [3.63, 3.8) is 0 Å². The van der Waals surface area contributed by atoms with Gasteiger partial charge in [0.25, 0.3) is 0 Å². The smallest absolute Gasteiger partial charge is 0.308 e. The molecule has 1 heterocycles. The number of methoxy groups -OCH3 is 1. The number of carboxylic acids is 1. The van der Waals surface area contributed by atoms with Crippen molar-refractivity contribution < 1.29 is 19.4 Å². The number of likely N-dealkylation sites (tertiary alicyclic amines) is 1. The molecule has 0 bridgehead atoms. The number of ether oxygens (including phenoxy) is 1. The number of carboxylic acid groups (broad SMARTS) is 1. The number of benzene rings is 1. The van der Waals surface area contributed by atoms with Crippen molar-refractivity contribution in [1.82, 2.24) is 4.90 Å². The van der Waals surface area contributed by atoms with Crippen LogP contribution in [0.5, 0.6) is 5.75 Å². The molecule has 2 rings (SSSR count). The quantitative estimate of drug-likeness (QED) is 0.838. The molecule has 1 atom stereocenters. The Hall–Kier alpha value is -1.69. The first-order valence-electron chi connectivity index (χ1n) is 6.37. The summed E-state index contributed by atoms with van der Waals surface area (Å²) in [6, 6.07) is 7.53. The molecule has 1 aliphatic rings. The van der Waals surface area contributed by atoms with Crippen LogP contribution in [0.3, 0.4) is 0 Å². The fourth-order valence-corrected chi connectivity index (χ4v) is 2.96. The second kappa shape index (κ2) is 6.65. The van der Waals surface area contributed by atoms with Crippen LogP contribution in [0.15, 0.2) is 29.2 Å². The minimum Gasteiger partial charge on any atom is -0.497 e. The molecular formula is C14H17NO4S. The maximum atomic E-state index is 12.0. The van der Waals surface area contributed by atoms with E-state index in [0.717, 1.165) is 10.6 Å².